The first kappa shape index (κ1) is 30.0. The van der Waals surface area contributed by atoms with Gasteiger partial charge >= 0.3 is 0 Å². The molecule has 43 heavy (non-hydrogen) atoms. The van der Waals surface area contributed by atoms with Gasteiger partial charge in [-0.2, -0.15) is 0 Å². The van der Waals surface area contributed by atoms with Gasteiger partial charge in [-0.05, 0) is 92.6 Å². The third kappa shape index (κ3) is 5.90. The molecule has 6 nitrogen and oxygen atoms in total. The second-order valence-electron chi connectivity index (χ2n) is 10.1. The van der Waals surface area contributed by atoms with Crippen molar-refractivity contribution in [3.63, 3.8) is 0 Å². The molecule has 0 saturated carbocycles. The Morgan fingerprint density at radius 3 is 1.60 bits per heavy atom. The summed E-state index contributed by atoms with van der Waals surface area (Å²) in [4.78, 5) is 34.9. The standard InChI is InChI=1S/C17H14BrFN2O.C17H15FN2O/c1-10-4-3-5-14-15(10)17(22)21(16(20-14)11(2)18)13-8-6-12(19)7-9-13;1-3-15-19-14-6-4-5-11(2)16(14)17(21)20(15)13-9-7-12(18)8-10-13/h3-9,11H,1-2H3;4-10H,3H2,1-2H3. The van der Waals surface area contributed by atoms with Gasteiger partial charge in [0.1, 0.15) is 23.3 Å². The molecule has 4 aromatic carbocycles. The average Bonchev–Trinajstić information content (AvgIpc) is 2.98. The predicted molar refractivity (Wildman–Crippen MR) is 171 cm³/mol. The number of benzene rings is 4. The topological polar surface area (TPSA) is 69.8 Å². The zero-order valence-corrected chi connectivity index (χ0v) is 25.7. The highest BCUT2D eigenvalue weighted by Gasteiger charge is 2.17. The highest BCUT2D eigenvalue weighted by molar-refractivity contribution is 9.09. The Kier molecular flexibility index (Phi) is 8.64. The fourth-order valence-corrected chi connectivity index (χ4v) is 5.36. The molecule has 0 N–H and O–H groups in total. The number of hydrogen-bond donors (Lipinski definition) is 0. The van der Waals surface area contributed by atoms with E-state index in [-0.39, 0.29) is 27.6 Å². The van der Waals surface area contributed by atoms with E-state index in [2.05, 4.69) is 25.9 Å². The van der Waals surface area contributed by atoms with Gasteiger partial charge in [-0.25, -0.2) is 18.7 Å². The molecular formula is C34H29BrF2N4O2. The van der Waals surface area contributed by atoms with E-state index in [1.165, 1.54) is 28.8 Å². The van der Waals surface area contributed by atoms with Crippen molar-refractivity contribution in [2.75, 3.05) is 0 Å². The summed E-state index contributed by atoms with van der Waals surface area (Å²) < 4.78 is 29.4. The summed E-state index contributed by atoms with van der Waals surface area (Å²) >= 11 is 3.49. The Balaban J connectivity index is 0.000000171. The van der Waals surface area contributed by atoms with Gasteiger partial charge in [0.05, 0.1) is 38.0 Å². The van der Waals surface area contributed by atoms with E-state index >= 15 is 0 Å². The molecule has 9 heteroatoms. The molecule has 0 aliphatic carbocycles. The van der Waals surface area contributed by atoms with Crippen LogP contribution in [0, 0.1) is 25.5 Å². The van der Waals surface area contributed by atoms with Crippen molar-refractivity contribution in [3.8, 4) is 11.4 Å². The molecule has 0 spiro atoms. The van der Waals surface area contributed by atoms with Gasteiger partial charge < -0.3 is 0 Å². The summed E-state index contributed by atoms with van der Waals surface area (Å²) in [7, 11) is 0. The van der Waals surface area contributed by atoms with Gasteiger partial charge in [-0.1, -0.05) is 47.1 Å². The Morgan fingerprint density at radius 1 is 0.698 bits per heavy atom. The summed E-state index contributed by atoms with van der Waals surface area (Å²) in [6, 6.07) is 23.0. The van der Waals surface area contributed by atoms with Crippen LogP contribution in [-0.2, 0) is 6.42 Å². The molecule has 0 amide bonds. The Hall–Kier alpha value is -4.50. The third-order valence-electron chi connectivity index (χ3n) is 7.15. The van der Waals surface area contributed by atoms with Gasteiger partial charge in [-0.15, -0.1) is 0 Å². The average molecular weight is 644 g/mol. The van der Waals surface area contributed by atoms with E-state index in [9.17, 15) is 18.4 Å². The lowest BCUT2D eigenvalue weighted by Gasteiger charge is -2.16. The van der Waals surface area contributed by atoms with Crippen LogP contribution >= 0.6 is 15.9 Å². The minimum atomic E-state index is -0.338. The molecule has 0 saturated heterocycles. The van der Waals surface area contributed by atoms with Crippen molar-refractivity contribution in [1.29, 1.82) is 0 Å². The molecule has 1 unspecified atom stereocenters. The van der Waals surface area contributed by atoms with Gasteiger partial charge in [0.25, 0.3) is 11.1 Å². The van der Waals surface area contributed by atoms with Crippen LogP contribution in [0.1, 0.15) is 41.5 Å². The molecule has 0 aliphatic heterocycles. The smallest absolute Gasteiger partial charge is 0.266 e. The zero-order valence-electron chi connectivity index (χ0n) is 24.1. The number of fused-ring (bicyclic) bond motifs is 2. The minimum absolute atomic E-state index is 0.110. The Bertz CT molecular complexity index is 2070. The van der Waals surface area contributed by atoms with E-state index in [1.807, 2.05) is 64.1 Å². The van der Waals surface area contributed by atoms with Crippen LogP contribution in [0.2, 0.25) is 0 Å². The lowest BCUT2D eigenvalue weighted by atomic mass is 10.1. The van der Waals surface area contributed by atoms with Crippen molar-refractivity contribution in [1.82, 2.24) is 19.1 Å². The van der Waals surface area contributed by atoms with Gasteiger partial charge in [0.2, 0.25) is 0 Å². The van der Waals surface area contributed by atoms with Crippen LogP contribution in [0.4, 0.5) is 8.78 Å². The highest BCUT2D eigenvalue weighted by atomic mass is 79.9. The van der Waals surface area contributed by atoms with E-state index in [1.54, 1.807) is 28.8 Å². The fourth-order valence-electron chi connectivity index (χ4n) is 5.05. The Morgan fingerprint density at radius 2 is 1.14 bits per heavy atom. The van der Waals surface area contributed by atoms with Crippen molar-refractivity contribution >= 4 is 37.7 Å². The van der Waals surface area contributed by atoms with Crippen LogP contribution in [0.25, 0.3) is 33.2 Å². The number of aryl methyl sites for hydroxylation is 3. The maximum Gasteiger partial charge on any atom is 0.266 e. The molecule has 2 heterocycles. The molecule has 6 aromatic rings. The second-order valence-corrected chi connectivity index (χ2v) is 11.5. The van der Waals surface area contributed by atoms with Crippen molar-refractivity contribution in [2.24, 2.45) is 0 Å². The molecule has 0 fully saturated rings. The monoisotopic (exact) mass is 642 g/mol. The van der Waals surface area contributed by atoms with Crippen LogP contribution in [0.5, 0.6) is 0 Å². The summed E-state index contributed by atoms with van der Waals surface area (Å²) in [6.45, 7) is 7.64. The molecular weight excluding hydrogens is 614 g/mol. The first-order valence-corrected chi connectivity index (χ1v) is 14.7. The fraction of sp³-hybridized carbons (Fsp3) is 0.176. The van der Waals surface area contributed by atoms with Gasteiger partial charge in [-0.3, -0.25) is 18.7 Å². The van der Waals surface area contributed by atoms with E-state index in [0.717, 1.165) is 11.1 Å². The molecule has 6 rings (SSSR count). The predicted octanol–water partition coefficient (Wildman–Crippen LogP) is 7.68. The number of hydrogen-bond acceptors (Lipinski definition) is 4. The van der Waals surface area contributed by atoms with Crippen molar-refractivity contribution in [3.05, 3.63) is 140 Å². The molecule has 218 valence electrons. The second kappa shape index (κ2) is 12.4. The number of rotatable bonds is 4. The Labute approximate surface area is 255 Å². The third-order valence-corrected chi connectivity index (χ3v) is 7.56. The molecule has 1 atom stereocenters. The molecule has 2 aromatic heterocycles. The van der Waals surface area contributed by atoms with E-state index in [0.29, 0.717) is 51.3 Å². The van der Waals surface area contributed by atoms with Crippen molar-refractivity contribution in [2.45, 2.75) is 38.9 Å². The van der Waals surface area contributed by atoms with E-state index < -0.39 is 0 Å². The van der Waals surface area contributed by atoms with Crippen LogP contribution in [0.3, 0.4) is 0 Å². The maximum atomic E-state index is 13.2. The van der Waals surface area contributed by atoms with Gasteiger partial charge in [0.15, 0.2) is 0 Å². The SMILES string of the molecule is CCc1nc2cccc(C)c2c(=O)n1-c1ccc(F)cc1.Cc1cccc2nc(C(C)Br)n(-c3ccc(F)cc3)c(=O)c12. The summed E-state index contributed by atoms with van der Waals surface area (Å²) in [6.07, 6.45) is 0.622. The highest BCUT2D eigenvalue weighted by Crippen LogP contribution is 2.24. The number of nitrogens with zero attached hydrogens (tertiary/aromatic N) is 4. The summed E-state index contributed by atoms with van der Waals surface area (Å²) in [5.41, 5.74) is 4.13. The zero-order chi connectivity index (χ0) is 30.8. The first-order chi connectivity index (χ1) is 20.6. The lowest BCUT2D eigenvalue weighted by Crippen LogP contribution is -2.24. The van der Waals surface area contributed by atoms with Crippen LogP contribution in [-0.4, -0.2) is 19.1 Å². The molecule has 0 aliphatic rings. The van der Waals surface area contributed by atoms with Crippen LogP contribution < -0.4 is 11.1 Å². The van der Waals surface area contributed by atoms with Crippen molar-refractivity contribution < 1.29 is 8.78 Å². The summed E-state index contributed by atoms with van der Waals surface area (Å²) in [5.74, 6) is 0.601. The number of aromatic nitrogens is 4. The maximum absolute atomic E-state index is 13.2. The van der Waals surface area contributed by atoms with Crippen LogP contribution in [0.15, 0.2) is 94.5 Å². The molecule has 0 radical (unpaired) electrons. The normalized spacial score (nSPS) is 11.8. The largest absolute Gasteiger partial charge is 0.268 e. The number of alkyl halides is 1. The lowest BCUT2D eigenvalue weighted by molar-refractivity contribution is 0.626. The van der Waals surface area contributed by atoms with Gasteiger partial charge in [0, 0.05) is 6.42 Å². The number of halogens is 3. The molecule has 0 bridgehead atoms. The quantitative estimate of drug-likeness (QED) is 0.185. The summed E-state index contributed by atoms with van der Waals surface area (Å²) in [5, 5.41) is 1.20. The first-order valence-electron chi connectivity index (χ1n) is 13.8. The minimum Gasteiger partial charge on any atom is -0.268 e. The van der Waals surface area contributed by atoms with E-state index in [4.69, 9.17) is 0 Å².